The first kappa shape index (κ1) is 18.7. The van der Waals surface area contributed by atoms with Crippen LogP contribution < -0.4 is 10.6 Å². The molecule has 2 amide bonds. The van der Waals surface area contributed by atoms with Crippen LogP contribution in [0.25, 0.3) is 0 Å². The lowest BCUT2D eigenvalue weighted by Crippen LogP contribution is -2.29. The van der Waals surface area contributed by atoms with Gasteiger partial charge in [-0.1, -0.05) is 35.3 Å². The van der Waals surface area contributed by atoms with Crippen LogP contribution in [0.15, 0.2) is 42.5 Å². The number of carbonyl (C=O) groups excluding carboxylic acids is 2. The van der Waals surface area contributed by atoms with Crippen LogP contribution in [0, 0.1) is 17.7 Å². The van der Waals surface area contributed by atoms with Crippen LogP contribution in [0.3, 0.4) is 0 Å². The Bertz CT molecular complexity index is 827. The summed E-state index contributed by atoms with van der Waals surface area (Å²) in [4.78, 5) is 24.3. The van der Waals surface area contributed by atoms with Crippen molar-refractivity contribution in [2.75, 3.05) is 11.9 Å². The molecule has 0 heterocycles. The molecule has 2 aromatic rings. The van der Waals surface area contributed by atoms with Crippen LogP contribution in [0.2, 0.25) is 10.0 Å². The summed E-state index contributed by atoms with van der Waals surface area (Å²) in [5.41, 5.74) is 1.49. The molecule has 0 spiro atoms. The van der Waals surface area contributed by atoms with Crippen LogP contribution in [-0.4, -0.2) is 18.4 Å². The third-order valence-corrected chi connectivity index (χ3v) is 5.02. The van der Waals surface area contributed by atoms with Crippen LogP contribution in [-0.2, 0) is 16.0 Å². The summed E-state index contributed by atoms with van der Waals surface area (Å²) >= 11 is 11.8. The van der Waals surface area contributed by atoms with Crippen molar-refractivity contribution in [2.24, 2.45) is 11.8 Å². The fourth-order valence-electron chi connectivity index (χ4n) is 2.70. The monoisotopic (exact) mass is 394 g/mol. The molecule has 0 saturated heterocycles. The van der Waals surface area contributed by atoms with E-state index in [0.717, 1.165) is 5.56 Å². The summed E-state index contributed by atoms with van der Waals surface area (Å²) in [7, 11) is 0. The number of benzene rings is 2. The van der Waals surface area contributed by atoms with Crippen LogP contribution in [0.4, 0.5) is 10.1 Å². The smallest absolute Gasteiger partial charge is 0.228 e. The number of anilines is 1. The lowest BCUT2D eigenvalue weighted by Gasteiger charge is -2.07. The highest BCUT2D eigenvalue weighted by Crippen LogP contribution is 2.39. The fourth-order valence-corrected chi connectivity index (χ4v) is 2.99. The Balaban J connectivity index is 1.43. The summed E-state index contributed by atoms with van der Waals surface area (Å²) in [6.07, 6.45) is 1.13. The highest BCUT2D eigenvalue weighted by atomic mass is 35.5. The molecule has 1 fully saturated rings. The van der Waals surface area contributed by atoms with E-state index >= 15 is 0 Å². The normalized spacial score (nSPS) is 18.3. The Morgan fingerprint density at radius 1 is 1.00 bits per heavy atom. The summed E-state index contributed by atoms with van der Waals surface area (Å²) in [6, 6.07) is 11.0. The Labute approximate surface area is 160 Å². The van der Waals surface area contributed by atoms with E-state index < -0.39 is 0 Å². The van der Waals surface area contributed by atoms with Crippen molar-refractivity contribution < 1.29 is 14.0 Å². The van der Waals surface area contributed by atoms with Crippen molar-refractivity contribution in [3.05, 3.63) is 63.9 Å². The van der Waals surface area contributed by atoms with E-state index in [2.05, 4.69) is 10.6 Å². The molecule has 2 unspecified atom stereocenters. The molecule has 1 saturated carbocycles. The van der Waals surface area contributed by atoms with Crippen LogP contribution >= 0.6 is 23.2 Å². The maximum absolute atomic E-state index is 12.8. The van der Waals surface area contributed by atoms with Gasteiger partial charge in [0.05, 0.1) is 21.9 Å². The first-order chi connectivity index (χ1) is 12.4. The highest BCUT2D eigenvalue weighted by Gasteiger charge is 2.47. The summed E-state index contributed by atoms with van der Waals surface area (Å²) in [5.74, 6) is -1.28. The van der Waals surface area contributed by atoms with Gasteiger partial charge >= 0.3 is 0 Å². The lowest BCUT2D eigenvalue weighted by molar-refractivity contribution is -0.125. The predicted octanol–water partition coefficient (Wildman–Crippen LogP) is 4.07. The van der Waals surface area contributed by atoms with Gasteiger partial charge in [-0.25, -0.2) is 4.39 Å². The second-order valence-electron chi connectivity index (χ2n) is 6.23. The van der Waals surface area contributed by atoms with E-state index in [1.807, 2.05) is 0 Å². The van der Waals surface area contributed by atoms with E-state index in [4.69, 9.17) is 23.2 Å². The van der Waals surface area contributed by atoms with E-state index in [9.17, 15) is 14.0 Å². The Morgan fingerprint density at radius 3 is 2.38 bits per heavy atom. The van der Waals surface area contributed by atoms with Gasteiger partial charge in [0, 0.05) is 12.2 Å². The van der Waals surface area contributed by atoms with Crippen molar-refractivity contribution >= 4 is 40.7 Å². The number of amides is 2. The molecule has 0 aromatic heterocycles. The predicted molar refractivity (Wildman–Crippen MR) is 99.8 cm³/mol. The van der Waals surface area contributed by atoms with Gasteiger partial charge in [0.1, 0.15) is 5.82 Å². The van der Waals surface area contributed by atoms with Crippen LogP contribution in [0.1, 0.15) is 12.0 Å². The number of hydrogen-bond donors (Lipinski definition) is 2. The molecule has 0 aliphatic heterocycles. The summed E-state index contributed by atoms with van der Waals surface area (Å²) in [6.45, 7) is 0.447. The SMILES string of the molecule is O=C(NCCc1ccc(F)cc1)C1CC1C(=O)Nc1ccc(Cl)c(Cl)c1. The number of rotatable bonds is 6. The maximum Gasteiger partial charge on any atom is 0.228 e. The Kier molecular flexibility index (Phi) is 5.79. The quantitative estimate of drug-likeness (QED) is 0.775. The van der Waals surface area contributed by atoms with Crippen LogP contribution in [0.5, 0.6) is 0 Å². The second kappa shape index (κ2) is 8.06. The zero-order chi connectivity index (χ0) is 18.7. The summed E-state index contributed by atoms with van der Waals surface area (Å²) in [5, 5.41) is 6.34. The first-order valence-corrected chi connectivity index (χ1v) is 8.97. The van der Waals surface area contributed by atoms with Crippen molar-refractivity contribution in [3.8, 4) is 0 Å². The molecule has 2 N–H and O–H groups in total. The minimum atomic E-state index is -0.338. The third-order valence-electron chi connectivity index (χ3n) is 4.28. The topological polar surface area (TPSA) is 58.2 Å². The van der Waals surface area contributed by atoms with Crippen molar-refractivity contribution in [2.45, 2.75) is 12.8 Å². The molecular formula is C19H17Cl2FN2O2. The largest absolute Gasteiger partial charge is 0.356 e. The zero-order valence-corrected chi connectivity index (χ0v) is 15.3. The van der Waals surface area contributed by atoms with Gasteiger partial charge in [0.2, 0.25) is 11.8 Å². The molecule has 3 rings (SSSR count). The highest BCUT2D eigenvalue weighted by molar-refractivity contribution is 6.42. The van der Waals surface area contributed by atoms with Gasteiger partial charge in [0.15, 0.2) is 0 Å². The van der Waals surface area contributed by atoms with Gasteiger partial charge in [-0.3, -0.25) is 9.59 Å². The zero-order valence-electron chi connectivity index (χ0n) is 13.8. The van der Waals surface area contributed by atoms with Crippen molar-refractivity contribution in [1.29, 1.82) is 0 Å². The second-order valence-corrected chi connectivity index (χ2v) is 7.05. The standard InChI is InChI=1S/C19H17Cl2FN2O2/c20-16-6-5-13(9-17(16)21)24-19(26)15-10-14(15)18(25)23-8-7-11-1-3-12(22)4-2-11/h1-6,9,14-15H,7-8,10H2,(H,23,25)(H,24,26). The maximum atomic E-state index is 12.8. The molecule has 136 valence electrons. The van der Waals surface area contributed by atoms with Gasteiger partial charge in [-0.15, -0.1) is 0 Å². The van der Waals surface area contributed by atoms with Gasteiger partial charge in [-0.05, 0) is 48.7 Å². The van der Waals surface area contributed by atoms with E-state index in [1.54, 1.807) is 30.3 Å². The number of hydrogen-bond acceptors (Lipinski definition) is 2. The van der Waals surface area contributed by atoms with E-state index in [0.29, 0.717) is 35.1 Å². The average molecular weight is 395 g/mol. The van der Waals surface area contributed by atoms with Crippen molar-refractivity contribution in [3.63, 3.8) is 0 Å². The molecule has 2 atom stereocenters. The fraction of sp³-hybridized carbons (Fsp3) is 0.263. The van der Waals surface area contributed by atoms with Gasteiger partial charge in [0.25, 0.3) is 0 Å². The molecule has 7 heteroatoms. The molecule has 1 aliphatic carbocycles. The number of carbonyl (C=O) groups is 2. The molecular weight excluding hydrogens is 378 g/mol. The molecule has 0 bridgehead atoms. The molecule has 26 heavy (non-hydrogen) atoms. The number of nitrogens with one attached hydrogen (secondary N) is 2. The van der Waals surface area contributed by atoms with E-state index in [-0.39, 0.29) is 29.5 Å². The van der Waals surface area contributed by atoms with Gasteiger partial charge < -0.3 is 10.6 Å². The Hall–Kier alpha value is -2.11. The van der Waals surface area contributed by atoms with Gasteiger partial charge in [-0.2, -0.15) is 0 Å². The molecule has 2 aromatic carbocycles. The lowest BCUT2D eigenvalue weighted by atomic mass is 10.1. The van der Waals surface area contributed by atoms with Crippen molar-refractivity contribution in [1.82, 2.24) is 5.32 Å². The minimum absolute atomic E-state index is 0.138. The molecule has 4 nitrogen and oxygen atoms in total. The summed E-state index contributed by atoms with van der Waals surface area (Å²) < 4.78 is 12.8. The minimum Gasteiger partial charge on any atom is -0.356 e. The third kappa shape index (κ3) is 4.74. The average Bonchev–Trinajstić information content (AvgIpc) is 3.41. The molecule has 1 aliphatic rings. The Morgan fingerprint density at radius 2 is 1.69 bits per heavy atom. The van der Waals surface area contributed by atoms with E-state index in [1.165, 1.54) is 12.1 Å². The molecule has 0 radical (unpaired) electrons. The first-order valence-electron chi connectivity index (χ1n) is 8.22. The number of halogens is 3.